The summed E-state index contributed by atoms with van der Waals surface area (Å²) in [5.41, 5.74) is 0.0585. The number of likely N-dealkylation sites (tertiary alicyclic amines) is 1. The van der Waals surface area contributed by atoms with Crippen molar-refractivity contribution in [2.45, 2.75) is 38.8 Å². The molecule has 1 spiro atoms. The summed E-state index contributed by atoms with van der Waals surface area (Å²) >= 11 is 6.17. The molecule has 0 aromatic heterocycles. The second kappa shape index (κ2) is 6.73. The van der Waals surface area contributed by atoms with Gasteiger partial charge in [-0.25, -0.2) is 4.79 Å². The first-order chi connectivity index (χ1) is 11.4. The van der Waals surface area contributed by atoms with E-state index in [1.165, 1.54) is 4.90 Å². The summed E-state index contributed by atoms with van der Waals surface area (Å²) in [4.78, 5) is 29.0. The first-order valence-corrected chi connectivity index (χ1v) is 8.89. The molecule has 0 radical (unpaired) electrons. The molecule has 2 aliphatic rings. The van der Waals surface area contributed by atoms with Crippen molar-refractivity contribution < 1.29 is 9.59 Å². The van der Waals surface area contributed by atoms with E-state index in [4.69, 9.17) is 11.6 Å². The Morgan fingerprint density at radius 1 is 1.21 bits per heavy atom. The number of carbonyl (C=O) groups is 2. The lowest BCUT2D eigenvalue weighted by atomic mass is 9.87. The van der Waals surface area contributed by atoms with E-state index < -0.39 is 5.54 Å². The summed E-state index contributed by atoms with van der Waals surface area (Å²) in [6.45, 7) is 7.31. The molecule has 130 valence electrons. The molecular formula is C18H24ClN3O2. The number of benzene rings is 1. The topological polar surface area (TPSA) is 52.7 Å². The van der Waals surface area contributed by atoms with E-state index in [-0.39, 0.29) is 18.5 Å². The molecule has 1 aromatic carbocycles. The van der Waals surface area contributed by atoms with Crippen LogP contribution in [-0.4, -0.2) is 46.9 Å². The number of urea groups is 1. The lowest BCUT2D eigenvalue weighted by Crippen LogP contribution is -2.55. The predicted molar refractivity (Wildman–Crippen MR) is 93.8 cm³/mol. The highest BCUT2D eigenvalue weighted by Crippen LogP contribution is 2.31. The third kappa shape index (κ3) is 3.28. The van der Waals surface area contributed by atoms with Crippen LogP contribution in [0.15, 0.2) is 24.3 Å². The van der Waals surface area contributed by atoms with Crippen LogP contribution in [0.3, 0.4) is 0 Å². The maximum atomic E-state index is 12.9. The Balaban J connectivity index is 1.70. The molecule has 2 heterocycles. The third-order valence-electron chi connectivity index (χ3n) is 4.87. The highest BCUT2D eigenvalue weighted by Gasteiger charge is 2.52. The van der Waals surface area contributed by atoms with Crippen LogP contribution < -0.4 is 5.32 Å². The van der Waals surface area contributed by atoms with Crippen molar-refractivity contribution in [2.24, 2.45) is 5.92 Å². The standard InChI is InChI=1S/C18H24ClN3O2/c1-13(2)11-21-9-7-18(8-10-21)16(23)22(17(24)20-18)12-14-5-3-4-6-15(14)19/h3-6,13H,7-12H2,1-2H3,(H,20,24). The lowest BCUT2D eigenvalue weighted by molar-refractivity contribution is -0.133. The highest BCUT2D eigenvalue weighted by atomic mass is 35.5. The molecule has 0 aliphatic carbocycles. The first-order valence-electron chi connectivity index (χ1n) is 8.51. The minimum absolute atomic E-state index is 0.114. The number of nitrogens with one attached hydrogen (secondary N) is 1. The molecule has 2 saturated heterocycles. The van der Waals surface area contributed by atoms with Crippen molar-refractivity contribution in [1.29, 1.82) is 0 Å². The third-order valence-corrected chi connectivity index (χ3v) is 5.23. The van der Waals surface area contributed by atoms with Gasteiger partial charge in [0.1, 0.15) is 5.54 Å². The summed E-state index contributed by atoms with van der Waals surface area (Å²) in [6, 6.07) is 7.01. The van der Waals surface area contributed by atoms with E-state index in [1.54, 1.807) is 6.07 Å². The Morgan fingerprint density at radius 2 is 1.88 bits per heavy atom. The Hall–Kier alpha value is -1.59. The molecule has 1 N–H and O–H groups in total. The highest BCUT2D eigenvalue weighted by molar-refractivity contribution is 6.31. The molecule has 1 aromatic rings. The quantitative estimate of drug-likeness (QED) is 0.850. The van der Waals surface area contributed by atoms with Crippen LogP contribution in [0.2, 0.25) is 5.02 Å². The van der Waals surface area contributed by atoms with E-state index >= 15 is 0 Å². The fourth-order valence-corrected chi connectivity index (χ4v) is 3.78. The van der Waals surface area contributed by atoms with Gasteiger partial charge in [-0.2, -0.15) is 0 Å². The summed E-state index contributed by atoms with van der Waals surface area (Å²) in [5, 5.41) is 3.53. The summed E-state index contributed by atoms with van der Waals surface area (Å²) in [7, 11) is 0. The number of rotatable bonds is 4. The van der Waals surface area contributed by atoms with Gasteiger partial charge in [0.25, 0.3) is 5.91 Å². The zero-order valence-corrected chi connectivity index (χ0v) is 15.0. The molecule has 3 amide bonds. The summed E-state index contributed by atoms with van der Waals surface area (Å²) in [5.74, 6) is 0.487. The molecule has 5 nitrogen and oxygen atoms in total. The smallest absolute Gasteiger partial charge is 0.323 e. The maximum Gasteiger partial charge on any atom is 0.325 e. The molecule has 0 atom stereocenters. The lowest BCUT2D eigenvalue weighted by Gasteiger charge is -2.38. The molecule has 0 saturated carbocycles. The molecular weight excluding hydrogens is 326 g/mol. The van der Waals surface area contributed by atoms with E-state index in [9.17, 15) is 9.59 Å². The predicted octanol–water partition coefficient (Wildman–Crippen LogP) is 2.88. The van der Waals surface area contributed by atoms with Gasteiger partial charge >= 0.3 is 6.03 Å². The zero-order valence-electron chi connectivity index (χ0n) is 14.2. The Morgan fingerprint density at radius 3 is 2.50 bits per heavy atom. The fraction of sp³-hybridized carbons (Fsp3) is 0.556. The van der Waals surface area contributed by atoms with E-state index in [1.807, 2.05) is 18.2 Å². The molecule has 6 heteroatoms. The monoisotopic (exact) mass is 349 g/mol. The van der Waals surface area contributed by atoms with Crippen molar-refractivity contribution in [2.75, 3.05) is 19.6 Å². The van der Waals surface area contributed by atoms with Crippen LogP contribution in [0, 0.1) is 5.92 Å². The van der Waals surface area contributed by atoms with Crippen molar-refractivity contribution in [3.63, 3.8) is 0 Å². The molecule has 24 heavy (non-hydrogen) atoms. The van der Waals surface area contributed by atoms with Gasteiger partial charge in [-0.05, 0) is 30.4 Å². The van der Waals surface area contributed by atoms with Gasteiger partial charge in [0.15, 0.2) is 0 Å². The van der Waals surface area contributed by atoms with Gasteiger partial charge in [0.05, 0.1) is 6.54 Å². The number of hydrogen-bond acceptors (Lipinski definition) is 3. The van der Waals surface area contributed by atoms with Crippen molar-refractivity contribution in [1.82, 2.24) is 15.1 Å². The molecule has 0 unspecified atom stereocenters. The van der Waals surface area contributed by atoms with Gasteiger partial charge in [0.2, 0.25) is 0 Å². The van der Waals surface area contributed by atoms with Crippen LogP contribution in [-0.2, 0) is 11.3 Å². The Labute approximate surface area is 147 Å². The molecule has 2 fully saturated rings. The number of piperidine rings is 1. The number of halogens is 1. The van der Waals surface area contributed by atoms with Gasteiger partial charge < -0.3 is 10.2 Å². The van der Waals surface area contributed by atoms with Gasteiger partial charge in [-0.1, -0.05) is 43.6 Å². The largest absolute Gasteiger partial charge is 0.325 e. The van der Waals surface area contributed by atoms with Gasteiger partial charge in [-0.3, -0.25) is 9.69 Å². The minimum atomic E-state index is -0.730. The SMILES string of the molecule is CC(C)CN1CCC2(CC1)NC(=O)N(Cc1ccccc1Cl)C2=O. The molecule has 0 bridgehead atoms. The Kier molecular flexibility index (Phi) is 4.83. The second-order valence-electron chi connectivity index (χ2n) is 7.19. The van der Waals surface area contributed by atoms with Crippen LogP contribution in [0.5, 0.6) is 0 Å². The number of carbonyl (C=O) groups excluding carboxylic acids is 2. The Bertz CT molecular complexity index is 639. The number of nitrogens with zero attached hydrogens (tertiary/aromatic N) is 2. The van der Waals surface area contributed by atoms with E-state index in [2.05, 4.69) is 24.1 Å². The zero-order chi connectivity index (χ0) is 17.3. The molecule has 2 aliphatic heterocycles. The van der Waals surface area contributed by atoms with Crippen molar-refractivity contribution >= 4 is 23.5 Å². The number of hydrogen-bond donors (Lipinski definition) is 1. The van der Waals surface area contributed by atoms with Crippen LogP contribution in [0.25, 0.3) is 0 Å². The van der Waals surface area contributed by atoms with Crippen molar-refractivity contribution in [3.05, 3.63) is 34.9 Å². The summed E-state index contributed by atoms with van der Waals surface area (Å²) < 4.78 is 0. The average molecular weight is 350 g/mol. The van der Waals surface area contributed by atoms with Crippen LogP contribution in [0.4, 0.5) is 4.79 Å². The van der Waals surface area contributed by atoms with Gasteiger partial charge in [0, 0.05) is 24.7 Å². The minimum Gasteiger partial charge on any atom is -0.323 e. The van der Waals surface area contributed by atoms with Gasteiger partial charge in [-0.15, -0.1) is 0 Å². The normalized spacial score (nSPS) is 20.9. The number of imide groups is 1. The summed E-state index contributed by atoms with van der Waals surface area (Å²) in [6.07, 6.45) is 1.34. The van der Waals surface area contributed by atoms with Crippen LogP contribution >= 0.6 is 11.6 Å². The average Bonchev–Trinajstić information content (AvgIpc) is 2.76. The first kappa shape index (κ1) is 17.2. The van der Waals surface area contributed by atoms with E-state index in [0.29, 0.717) is 23.8 Å². The van der Waals surface area contributed by atoms with Crippen LogP contribution in [0.1, 0.15) is 32.3 Å². The number of amides is 3. The second-order valence-corrected chi connectivity index (χ2v) is 7.60. The fourth-order valence-electron chi connectivity index (χ4n) is 3.59. The maximum absolute atomic E-state index is 12.9. The van der Waals surface area contributed by atoms with Crippen molar-refractivity contribution in [3.8, 4) is 0 Å². The van der Waals surface area contributed by atoms with E-state index in [0.717, 1.165) is 25.2 Å². The molecule has 3 rings (SSSR count).